The fourth-order valence-electron chi connectivity index (χ4n) is 1.98. The second kappa shape index (κ2) is 5.84. The first kappa shape index (κ1) is 13.5. The van der Waals surface area contributed by atoms with E-state index in [1.54, 1.807) is 6.07 Å². The smallest absolute Gasteiger partial charge is 0.229 e. The van der Waals surface area contributed by atoms with Gasteiger partial charge in [-0.25, -0.2) is 8.42 Å². The maximum absolute atomic E-state index is 11.2. The molecule has 18 heavy (non-hydrogen) atoms. The number of thioether (sulfide) groups is 1. The molecule has 4 nitrogen and oxygen atoms in total. The molecule has 1 saturated heterocycles. The van der Waals surface area contributed by atoms with Crippen LogP contribution in [-0.4, -0.2) is 32.2 Å². The second-order valence-electron chi connectivity index (χ2n) is 4.51. The number of sulfonamides is 1. The molecule has 1 heterocycles. The monoisotopic (exact) mass is 286 g/mol. The number of hydrogen-bond acceptors (Lipinski definition) is 4. The van der Waals surface area contributed by atoms with Crippen LogP contribution in [0.15, 0.2) is 24.3 Å². The summed E-state index contributed by atoms with van der Waals surface area (Å²) in [5, 5.41) is 3.45. The molecular formula is C12H18N2O2S2. The average molecular weight is 286 g/mol. The van der Waals surface area contributed by atoms with Crippen LogP contribution in [0.5, 0.6) is 0 Å². The molecule has 0 spiro atoms. The average Bonchev–Trinajstić information content (AvgIpc) is 2.28. The van der Waals surface area contributed by atoms with Crippen LogP contribution >= 0.6 is 11.8 Å². The Morgan fingerprint density at radius 1 is 1.33 bits per heavy atom. The van der Waals surface area contributed by atoms with Gasteiger partial charge in [0.25, 0.3) is 0 Å². The first-order valence-corrected chi connectivity index (χ1v) is 9.00. The number of anilines is 2. The van der Waals surface area contributed by atoms with Crippen molar-refractivity contribution in [2.45, 2.75) is 18.9 Å². The van der Waals surface area contributed by atoms with E-state index in [2.05, 4.69) is 10.0 Å². The predicted molar refractivity (Wildman–Crippen MR) is 78.9 cm³/mol. The molecule has 0 saturated carbocycles. The van der Waals surface area contributed by atoms with Crippen LogP contribution in [-0.2, 0) is 10.0 Å². The Bertz CT molecular complexity index is 497. The molecule has 0 aromatic heterocycles. The van der Waals surface area contributed by atoms with Gasteiger partial charge in [-0.05, 0) is 36.8 Å². The standard InChI is InChI=1S/C12H18N2O2S2/c1-18(15,16)14-11-5-2-4-10(8-11)13-12-6-3-7-17-9-12/h2,4-5,8,12-14H,3,6-7,9H2,1H3. The Kier molecular flexibility index (Phi) is 4.40. The summed E-state index contributed by atoms with van der Waals surface area (Å²) in [7, 11) is -3.21. The molecule has 2 rings (SSSR count). The van der Waals surface area contributed by atoms with E-state index >= 15 is 0 Å². The highest BCUT2D eigenvalue weighted by Crippen LogP contribution is 2.22. The van der Waals surface area contributed by atoms with Gasteiger partial charge >= 0.3 is 0 Å². The van der Waals surface area contributed by atoms with E-state index in [9.17, 15) is 8.42 Å². The first-order valence-electron chi connectivity index (χ1n) is 5.95. The molecule has 1 aliphatic heterocycles. The van der Waals surface area contributed by atoms with Crippen LogP contribution < -0.4 is 10.0 Å². The number of hydrogen-bond donors (Lipinski definition) is 2. The van der Waals surface area contributed by atoms with Gasteiger partial charge in [-0.1, -0.05) is 6.07 Å². The Hall–Kier alpha value is -0.880. The third-order valence-corrected chi connectivity index (χ3v) is 4.52. The minimum Gasteiger partial charge on any atom is -0.381 e. The molecule has 1 fully saturated rings. The van der Waals surface area contributed by atoms with Gasteiger partial charge in [-0.15, -0.1) is 0 Å². The lowest BCUT2D eigenvalue weighted by Crippen LogP contribution is -2.25. The molecule has 0 aliphatic carbocycles. The van der Waals surface area contributed by atoms with E-state index in [4.69, 9.17) is 0 Å². The zero-order valence-corrected chi connectivity index (χ0v) is 12.0. The molecule has 0 bridgehead atoms. The van der Waals surface area contributed by atoms with Crippen molar-refractivity contribution in [3.05, 3.63) is 24.3 Å². The highest BCUT2D eigenvalue weighted by Gasteiger charge is 2.13. The van der Waals surface area contributed by atoms with E-state index in [0.29, 0.717) is 11.7 Å². The zero-order chi connectivity index (χ0) is 13.0. The fraction of sp³-hybridized carbons (Fsp3) is 0.500. The van der Waals surface area contributed by atoms with Gasteiger partial charge in [-0.3, -0.25) is 4.72 Å². The van der Waals surface area contributed by atoms with E-state index in [0.717, 1.165) is 17.7 Å². The van der Waals surface area contributed by atoms with Gasteiger partial charge < -0.3 is 5.32 Å². The van der Waals surface area contributed by atoms with Crippen molar-refractivity contribution >= 4 is 33.2 Å². The SMILES string of the molecule is CS(=O)(=O)Nc1cccc(NC2CCCSC2)c1. The molecule has 1 unspecified atom stereocenters. The van der Waals surface area contributed by atoms with Crippen molar-refractivity contribution in [1.29, 1.82) is 0 Å². The van der Waals surface area contributed by atoms with Gasteiger partial charge in [0, 0.05) is 17.5 Å². The van der Waals surface area contributed by atoms with Crippen molar-refractivity contribution in [3.63, 3.8) is 0 Å². The molecule has 0 amide bonds. The molecule has 1 atom stereocenters. The third-order valence-electron chi connectivity index (χ3n) is 2.70. The number of nitrogens with one attached hydrogen (secondary N) is 2. The largest absolute Gasteiger partial charge is 0.381 e. The number of benzene rings is 1. The van der Waals surface area contributed by atoms with E-state index in [-0.39, 0.29) is 0 Å². The van der Waals surface area contributed by atoms with Gasteiger partial charge in [0.05, 0.1) is 11.9 Å². The molecule has 2 N–H and O–H groups in total. The summed E-state index contributed by atoms with van der Waals surface area (Å²) in [6, 6.07) is 7.89. The van der Waals surface area contributed by atoms with Crippen molar-refractivity contribution in [2.24, 2.45) is 0 Å². The summed E-state index contributed by atoms with van der Waals surface area (Å²) in [4.78, 5) is 0. The third kappa shape index (κ3) is 4.42. The van der Waals surface area contributed by atoms with Crippen molar-refractivity contribution < 1.29 is 8.42 Å². The summed E-state index contributed by atoms with van der Waals surface area (Å²) < 4.78 is 24.8. The molecule has 1 aromatic carbocycles. The van der Waals surface area contributed by atoms with Crippen LogP contribution in [0.2, 0.25) is 0 Å². The van der Waals surface area contributed by atoms with Gasteiger partial charge in [0.1, 0.15) is 0 Å². The van der Waals surface area contributed by atoms with Gasteiger partial charge in [-0.2, -0.15) is 11.8 Å². The first-order chi connectivity index (χ1) is 8.53. The lowest BCUT2D eigenvalue weighted by atomic mass is 10.1. The molecule has 1 aromatic rings. The molecule has 0 radical (unpaired) electrons. The summed E-state index contributed by atoms with van der Waals surface area (Å²) >= 11 is 1.96. The van der Waals surface area contributed by atoms with Crippen molar-refractivity contribution in [2.75, 3.05) is 27.8 Å². The summed E-state index contributed by atoms with van der Waals surface area (Å²) in [5.41, 5.74) is 1.57. The van der Waals surface area contributed by atoms with Crippen molar-refractivity contribution in [1.82, 2.24) is 0 Å². The highest BCUT2D eigenvalue weighted by atomic mass is 32.2. The Morgan fingerprint density at radius 3 is 2.78 bits per heavy atom. The summed E-state index contributed by atoms with van der Waals surface area (Å²) in [6.45, 7) is 0. The van der Waals surface area contributed by atoms with Crippen LogP contribution in [0.25, 0.3) is 0 Å². The van der Waals surface area contributed by atoms with Crippen molar-refractivity contribution in [3.8, 4) is 0 Å². The highest BCUT2D eigenvalue weighted by molar-refractivity contribution is 7.99. The van der Waals surface area contributed by atoms with Gasteiger partial charge in [0.15, 0.2) is 0 Å². The fourth-order valence-corrected chi connectivity index (χ4v) is 3.60. The summed E-state index contributed by atoms with van der Waals surface area (Å²) in [5.74, 6) is 2.36. The minimum absolute atomic E-state index is 0.484. The summed E-state index contributed by atoms with van der Waals surface area (Å²) in [6.07, 6.45) is 3.57. The normalized spacial score (nSPS) is 20.4. The second-order valence-corrected chi connectivity index (χ2v) is 7.41. The minimum atomic E-state index is -3.21. The van der Waals surface area contributed by atoms with Crippen LogP contribution in [0, 0.1) is 0 Å². The molecule has 100 valence electrons. The Balaban J connectivity index is 2.02. The lowest BCUT2D eigenvalue weighted by molar-refractivity contribution is 0.607. The molecule has 1 aliphatic rings. The maximum Gasteiger partial charge on any atom is 0.229 e. The van der Waals surface area contributed by atoms with Crippen LogP contribution in [0.1, 0.15) is 12.8 Å². The lowest BCUT2D eigenvalue weighted by Gasteiger charge is -2.23. The predicted octanol–water partition coefficient (Wildman–Crippen LogP) is 2.37. The van der Waals surface area contributed by atoms with Crippen LogP contribution in [0.4, 0.5) is 11.4 Å². The molecular weight excluding hydrogens is 268 g/mol. The maximum atomic E-state index is 11.2. The molecule has 6 heteroatoms. The quantitative estimate of drug-likeness (QED) is 0.892. The van der Waals surface area contributed by atoms with E-state index in [1.165, 1.54) is 18.6 Å². The van der Waals surface area contributed by atoms with Crippen LogP contribution in [0.3, 0.4) is 0 Å². The zero-order valence-electron chi connectivity index (χ0n) is 10.3. The van der Waals surface area contributed by atoms with E-state index < -0.39 is 10.0 Å². The van der Waals surface area contributed by atoms with Gasteiger partial charge in [0.2, 0.25) is 10.0 Å². The Morgan fingerprint density at radius 2 is 2.11 bits per heavy atom. The van der Waals surface area contributed by atoms with E-state index in [1.807, 2.05) is 30.0 Å². The number of rotatable bonds is 4. The Labute approximate surface area is 113 Å². The topological polar surface area (TPSA) is 58.2 Å².